The minimum atomic E-state index is -4.91. The molecule has 0 saturated carbocycles. The van der Waals surface area contributed by atoms with Crippen LogP contribution in [0.3, 0.4) is 0 Å². The van der Waals surface area contributed by atoms with Gasteiger partial charge in [-0.3, -0.25) is 13.9 Å². The van der Waals surface area contributed by atoms with Crippen LogP contribution in [0.1, 0.15) is 43.4 Å². The Morgan fingerprint density at radius 2 is 1.55 bits per heavy atom. The van der Waals surface area contributed by atoms with Gasteiger partial charge in [0.05, 0.1) is 21.2 Å². The van der Waals surface area contributed by atoms with Gasteiger partial charge in [-0.25, -0.2) is 8.42 Å². The van der Waals surface area contributed by atoms with E-state index in [-0.39, 0.29) is 27.9 Å². The van der Waals surface area contributed by atoms with Crippen LogP contribution in [0.2, 0.25) is 15.1 Å². The first-order valence-electron chi connectivity index (χ1n) is 13.6. The van der Waals surface area contributed by atoms with Crippen molar-refractivity contribution in [1.29, 1.82) is 0 Å². The van der Waals surface area contributed by atoms with Crippen LogP contribution in [0, 0.1) is 6.92 Å². The summed E-state index contributed by atoms with van der Waals surface area (Å²) in [7, 11) is -4.61. The monoisotopic (exact) mass is 691 g/mol. The third-order valence-corrected chi connectivity index (χ3v) is 9.58. The molecule has 0 bridgehead atoms. The highest BCUT2D eigenvalue weighted by molar-refractivity contribution is 7.92. The van der Waals surface area contributed by atoms with E-state index in [0.717, 1.165) is 22.6 Å². The average molecular weight is 693 g/mol. The highest BCUT2D eigenvalue weighted by atomic mass is 35.5. The Balaban J connectivity index is 2.18. The van der Waals surface area contributed by atoms with Crippen LogP contribution in [0.4, 0.5) is 18.9 Å². The number of rotatable bonds is 12. The smallest absolute Gasteiger partial charge is 0.354 e. The number of halogens is 6. The maximum absolute atomic E-state index is 14.1. The first-order chi connectivity index (χ1) is 20.6. The molecule has 14 heteroatoms. The summed E-state index contributed by atoms with van der Waals surface area (Å²) < 4.78 is 69.9. The second-order valence-electron chi connectivity index (χ2n) is 9.92. The predicted molar refractivity (Wildman–Crippen MR) is 167 cm³/mol. The molecule has 3 aromatic rings. The number of aryl methyl sites for hydroxylation is 1. The van der Waals surface area contributed by atoms with Crippen LogP contribution >= 0.6 is 34.8 Å². The number of carbonyl (C=O) groups excluding carboxylic acids is 2. The molecule has 44 heavy (non-hydrogen) atoms. The lowest BCUT2D eigenvalue weighted by Crippen LogP contribution is -2.52. The van der Waals surface area contributed by atoms with Gasteiger partial charge in [0, 0.05) is 28.7 Å². The number of carbonyl (C=O) groups is 2. The van der Waals surface area contributed by atoms with Gasteiger partial charge in [0.15, 0.2) is 0 Å². The molecule has 0 fully saturated rings. The number of amides is 2. The summed E-state index contributed by atoms with van der Waals surface area (Å²) in [6.45, 7) is 4.35. The van der Waals surface area contributed by atoms with Crippen molar-refractivity contribution in [2.24, 2.45) is 0 Å². The van der Waals surface area contributed by atoms with Gasteiger partial charge in [0.25, 0.3) is 10.0 Å². The van der Waals surface area contributed by atoms with Crippen LogP contribution in [-0.4, -0.2) is 44.3 Å². The van der Waals surface area contributed by atoms with Gasteiger partial charge in [0.2, 0.25) is 11.8 Å². The molecule has 0 aliphatic rings. The molecule has 0 aliphatic heterocycles. The number of nitrogens with one attached hydrogen (secondary N) is 1. The molecule has 7 nitrogen and oxygen atoms in total. The molecule has 0 spiro atoms. The third-order valence-electron chi connectivity index (χ3n) is 6.76. The molecule has 3 rings (SSSR count). The van der Waals surface area contributed by atoms with E-state index >= 15 is 0 Å². The van der Waals surface area contributed by atoms with Crippen molar-refractivity contribution in [2.45, 2.75) is 57.3 Å². The standard InChI is InChI=1S/C30H31Cl3F3N3O4S/c1-4-15-37-29(41)27(5-2)38(17-22-24(31)7-6-8-25(22)32)28(40)18-39(44(42,43)21-12-9-19(3)10-13-21)20-11-14-26(33)23(16-20)30(34,35)36/h6-14,16,27H,4-5,15,17-18H2,1-3H3,(H,37,41)/t27-/m0/s1. The van der Waals surface area contributed by atoms with Crippen LogP contribution in [0.15, 0.2) is 65.6 Å². The fraction of sp³-hybridized carbons (Fsp3) is 0.333. The second kappa shape index (κ2) is 14.9. The van der Waals surface area contributed by atoms with Gasteiger partial charge >= 0.3 is 6.18 Å². The molecule has 1 atom stereocenters. The molecule has 0 saturated heterocycles. The lowest BCUT2D eigenvalue weighted by Gasteiger charge is -2.33. The molecular weight excluding hydrogens is 662 g/mol. The lowest BCUT2D eigenvalue weighted by molar-refractivity contribution is -0.140. The van der Waals surface area contributed by atoms with Gasteiger partial charge in [-0.15, -0.1) is 0 Å². The fourth-order valence-electron chi connectivity index (χ4n) is 4.39. The van der Waals surface area contributed by atoms with Crippen molar-refractivity contribution in [3.05, 3.63) is 92.4 Å². The SMILES string of the molecule is CCCNC(=O)[C@H](CC)N(Cc1c(Cl)cccc1Cl)C(=O)CN(c1ccc(Cl)c(C(F)(F)F)c1)S(=O)(=O)c1ccc(C)cc1. The Kier molecular flexibility index (Phi) is 12.0. The Bertz CT molecular complexity index is 1580. The number of anilines is 1. The summed E-state index contributed by atoms with van der Waals surface area (Å²) in [5.74, 6) is -1.37. The van der Waals surface area contributed by atoms with Crippen molar-refractivity contribution in [1.82, 2.24) is 10.2 Å². The highest BCUT2D eigenvalue weighted by Crippen LogP contribution is 2.38. The predicted octanol–water partition coefficient (Wildman–Crippen LogP) is 7.50. The van der Waals surface area contributed by atoms with Gasteiger partial charge in [0.1, 0.15) is 12.6 Å². The van der Waals surface area contributed by atoms with E-state index in [0.29, 0.717) is 28.9 Å². The van der Waals surface area contributed by atoms with Crippen molar-refractivity contribution < 1.29 is 31.2 Å². The zero-order valence-corrected chi connectivity index (χ0v) is 27.2. The number of sulfonamides is 1. The first kappa shape index (κ1) is 35.5. The first-order valence-corrected chi connectivity index (χ1v) is 16.1. The Labute approximate surface area is 269 Å². The summed E-state index contributed by atoms with van der Waals surface area (Å²) in [4.78, 5) is 28.2. The van der Waals surface area contributed by atoms with E-state index in [2.05, 4.69) is 5.32 Å². The Hall–Kier alpha value is -2.99. The summed E-state index contributed by atoms with van der Waals surface area (Å²) in [5.41, 5.74) is -0.679. The van der Waals surface area contributed by atoms with E-state index in [1.807, 2.05) is 6.92 Å². The number of hydrogen-bond donors (Lipinski definition) is 1. The van der Waals surface area contributed by atoms with Gasteiger partial charge in [-0.05, 0) is 62.2 Å². The van der Waals surface area contributed by atoms with E-state index in [9.17, 15) is 31.2 Å². The molecule has 2 amide bonds. The topological polar surface area (TPSA) is 86.8 Å². The number of benzene rings is 3. The van der Waals surface area contributed by atoms with Gasteiger partial charge < -0.3 is 10.2 Å². The molecule has 0 aliphatic carbocycles. The van der Waals surface area contributed by atoms with E-state index in [1.165, 1.54) is 24.3 Å². The number of alkyl halides is 3. The average Bonchev–Trinajstić information content (AvgIpc) is 2.96. The zero-order chi connectivity index (χ0) is 32.8. The third kappa shape index (κ3) is 8.38. The lowest BCUT2D eigenvalue weighted by atomic mass is 10.1. The molecule has 0 unspecified atom stereocenters. The van der Waals surface area contributed by atoms with E-state index in [4.69, 9.17) is 34.8 Å². The molecular formula is C30H31Cl3F3N3O4S. The molecule has 0 aromatic heterocycles. The minimum Gasteiger partial charge on any atom is -0.354 e. The fourth-order valence-corrected chi connectivity index (χ4v) is 6.54. The summed E-state index contributed by atoms with van der Waals surface area (Å²) in [5, 5.41) is 2.50. The van der Waals surface area contributed by atoms with Crippen LogP contribution in [0.25, 0.3) is 0 Å². The minimum absolute atomic E-state index is 0.132. The van der Waals surface area contributed by atoms with Crippen molar-refractivity contribution in [3.63, 3.8) is 0 Å². The van der Waals surface area contributed by atoms with Crippen molar-refractivity contribution >= 4 is 62.3 Å². The Morgan fingerprint density at radius 3 is 2.09 bits per heavy atom. The second-order valence-corrected chi connectivity index (χ2v) is 13.0. The summed E-state index contributed by atoms with van der Waals surface area (Å²) >= 11 is 18.6. The molecule has 1 N–H and O–H groups in total. The number of hydrogen-bond acceptors (Lipinski definition) is 4. The molecule has 0 radical (unpaired) electrons. The van der Waals surface area contributed by atoms with E-state index < -0.39 is 56.9 Å². The maximum Gasteiger partial charge on any atom is 0.417 e. The van der Waals surface area contributed by atoms with Crippen molar-refractivity contribution in [3.8, 4) is 0 Å². The molecule has 3 aromatic carbocycles. The zero-order valence-electron chi connectivity index (χ0n) is 24.1. The van der Waals surface area contributed by atoms with Crippen LogP contribution in [0.5, 0.6) is 0 Å². The number of nitrogens with zero attached hydrogens (tertiary/aromatic N) is 2. The quantitative estimate of drug-likeness (QED) is 0.213. The van der Waals surface area contributed by atoms with Gasteiger partial charge in [-0.1, -0.05) is 72.4 Å². The Morgan fingerprint density at radius 1 is 0.932 bits per heavy atom. The van der Waals surface area contributed by atoms with Crippen molar-refractivity contribution in [2.75, 3.05) is 17.4 Å². The molecule has 238 valence electrons. The maximum atomic E-state index is 14.1. The summed E-state index contributed by atoms with van der Waals surface area (Å²) in [6.07, 6.45) is -4.16. The van der Waals surface area contributed by atoms with Crippen LogP contribution in [-0.2, 0) is 32.3 Å². The van der Waals surface area contributed by atoms with Crippen LogP contribution < -0.4 is 9.62 Å². The molecule has 0 heterocycles. The normalized spacial score (nSPS) is 12.5. The highest BCUT2D eigenvalue weighted by Gasteiger charge is 2.37. The van der Waals surface area contributed by atoms with Gasteiger partial charge in [-0.2, -0.15) is 13.2 Å². The largest absolute Gasteiger partial charge is 0.417 e. The summed E-state index contributed by atoms with van der Waals surface area (Å²) in [6, 6.07) is 11.8. The van der Waals surface area contributed by atoms with E-state index in [1.54, 1.807) is 32.0 Å².